The zero-order valence-electron chi connectivity index (χ0n) is 9.53. The molecule has 2 aliphatic rings. The zero-order chi connectivity index (χ0) is 11.8. The Labute approximate surface area is 99.0 Å². The molecule has 0 spiro atoms. The lowest BCUT2D eigenvalue weighted by atomic mass is 10.2. The Balaban J connectivity index is 1.87. The van der Waals surface area contributed by atoms with Crippen molar-refractivity contribution in [1.29, 1.82) is 0 Å². The standard InChI is InChI=1S/C12H14FN3O/c13-10-7-9(16-6-1-3-11(16)17)8-14-12(10)15-4-2-5-15/h7-8H,1-6H2. The third-order valence-electron chi connectivity index (χ3n) is 3.35. The van der Waals surface area contributed by atoms with Crippen LogP contribution in [0.25, 0.3) is 0 Å². The van der Waals surface area contributed by atoms with E-state index in [1.165, 1.54) is 6.07 Å². The molecule has 0 saturated carbocycles. The fourth-order valence-electron chi connectivity index (χ4n) is 2.25. The molecule has 1 amide bonds. The molecule has 1 aromatic rings. The Kier molecular flexibility index (Phi) is 2.46. The molecular formula is C12H14FN3O. The molecule has 2 fully saturated rings. The molecule has 0 radical (unpaired) electrons. The van der Waals surface area contributed by atoms with E-state index in [0.717, 1.165) is 25.9 Å². The number of hydrogen-bond donors (Lipinski definition) is 0. The number of amides is 1. The van der Waals surface area contributed by atoms with E-state index in [0.29, 0.717) is 24.5 Å². The monoisotopic (exact) mass is 235 g/mol. The van der Waals surface area contributed by atoms with Gasteiger partial charge in [-0.15, -0.1) is 0 Å². The summed E-state index contributed by atoms with van der Waals surface area (Å²) in [6.45, 7) is 2.40. The van der Waals surface area contributed by atoms with Crippen LogP contribution in [-0.2, 0) is 4.79 Å². The first kappa shape index (κ1) is 10.5. The maximum atomic E-state index is 13.9. The van der Waals surface area contributed by atoms with Crippen LogP contribution in [0.1, 0.15) is 19.3 Å². The third kappa shape index (κ3) is 1.75. The molecule has 0 atom stereocenters. The molecule has 4 nitrogen and oxygen atoms in total. The van der Waals surface area contributed by atoms with Gasteiger partial charge in [-0.2, -0.15) is 0 Å². The fourth-order valence-corrected chi connectivity index (χ4v) is 2.25. The summed E-state index contributed by atoms with van der Waals surface area (Å²) in [4.78, 5) is 19.2. The fraction of sp³-hybridized carbons (Fsp3) is 0.500. The van der Waals surface area contributed by atoms with Crippen molar-refractivity contribution in [2.45, 2.75) is 19.3 Å². The highest BCUT2D eigenvalue weighted by Crippen LogP contribution is 2.27. The minimum atomic E-state index is -0.332. The molecule has 0 aromatic carbocycles. The number of aromatic nitrogens is 1. The van der Waals surface area contributed by atoms with Crippen molar-refractivity contribution in [2.24, 2.45) is 0 Å². The molecular weight excluding hydrogens is 221 g/mol. The van der Waals surface area contributed by atoms with Crippen LogP contribution in [0.5, 0.6) is 0 Å². The van der Waals surface area contributed by atoms with Crippen molar-refractivity contribution in [3.05, 3.63) is 18.1 Å². The van der Waals surface area contributed by atoms with Gasteiger partial charge in [0.25, 0.3) is 0 Å². The number of pyridine rings is 1. The minimum absolute atomic E-state index is 0.0582. The van der Waals surface area contributed by atoms with Crippen LogP contribution in [0.2, 0.25) is 0 Å². The summed E-state index contributed by atoms with van der Waals surface area (Å²) in [5.41, 5.74) is 0.578. The normalized spacial score (nSPS) is 19.7. The molecule has 1 aromatic heterocycles. The maximum absolute atomic E-state index is 13.9. The second-order valence-electron chi connectivity index (χ2n) is 4.49. The molecule has 3 rings (SSSR count). The highest BCUT2D eigenvalue weighted by molar-refractivity contribution is 5.95. The summed E-state index contributed by atoms with van der Waals surface area (Å²) in [7, 11) is 0. The highest BCUT2D eigenvalue weighted by Gasteiger charge is 2.25. The number of rotatable bonds is 2. The molecule has 90 valence electrons. The van der Waals surface area contributed by atoms with Gasteiger partial charge in [0.1, 0.15) is 0 Å². The van der Waals surface area contributed by atoms with Crippen LogP contribution in [-0.4, -0.2) is 30.5 Å². The van der Waals surface area contributed by atoms with E-state index in [2.05, 4.69) is 4.98 Å². The third-order valence-corrected chi connectivity index (χ3v) is 3.35. The molecule has 0 unspecified atom stereocenters. The van der Waals surface area contributed by atoms with Crippen molar-refractivity contribution >= 4 is 17.4 Å². The maximum Gasteiger partial charge on any atom is 0.227 e. The number of nitrogens with zero attached hydrogens (tertiary/aromatic N) is 3. The van der Waals surface area contributed by atoms with Gasteiger partial charge in [-0.25, -0.2) is 9.37 Å². The van der Waals surface area contributed by atoms with Gasteiger partial charge < -0.3 is 9.80 Å². The van der Waals surface area contributed by atoms with Crippen molar-refractivity contribution < 1.29 is 9.18 Å². The van der Waals surface area contributed by atoms with Crippen LogP contribution in [0, 0.1) is 5.82 Å². The highest BCUT2D eigenvalue weighted by atomic mass is 19.1. The summed E-state index contributed by atoms with van der Waals surface area (Å²) < 4.78 is 13.9. The molecule has 2 saturated heterocycles. The first-order chi connectivity index (χ1) is 8.25. The summed E-state index contributed by atoms with van der Waals surface area (Å²) in [5, 5.41) is 0. The summed E-state index contributed by atoms with van der Waals surface area (Å²) in [6.07, 6.45) is 4.08. The lowest BCUT2D eigenvalue weighted by molar-refractivity contribution is -0.117. The Bertz CT molecular complexity index is 459. The average molecular weight is 235 g/mol. The lowest BCUT2D eigenvalue weighted by Crippen LogP contribution is -2.38. The van der Waals surface area contributed by atoms with Crippen LogP contribution in [0.15, 0.2) is 12.3 Å². The topological polar surface area (TPSA) is 36.4 Å². The molecule has 0 N–H and O–H groups in total. The van der Waals surface area contributed by atoms with E-state index in [-0.39, 0.29) is 11.7 Å². The van der Waals surface area contributed by atoms with E-state index in [1.807, 2.05) is 4.90 Å². The summed E-state index contributed by atoms with van der Waals surface area (Å²) in [6, 6.07) is 1.42. The van der Waals surface area contributed by atoms with Gasteiger partial charge in [0.15, 0.2) is 11.6 Å². The van der Waals surface area contributed by atoms with Gasteiger partial charge >= 0.3 is 0 Å². The predicted molar refractivity (Wildman–Crippen MR) is 62.6 cm³/mol. The first-order valence-electron chi connectivity index (χ1n) is 5.96. The Morgan fingerprint density at radius 3 is 2.59 bits per heavy atom. The molecule has 5 heteroatoms. The number of carbonyl (C=O) groups is 1. The van der Waals surface area contributed by atoms with Crippen molar-refractivity contribution in [1.82, 2.24) is 4.98 Å². The molecule has 0 aliphatic carbocycles. The Morgan fingerprint density at radius 2 is 2.06 bits per heavy atom. The second kappa shape index (κ2) is 3.98. The first-order valence-corrected chi connectivity index (χ1v) is 5.96. The van der Waals surface area contributed by atoms with Crippen molar-refractivity contribution in [3.63, 3.8) is 0 Å². The van der Waals surface area contributed by atoms with Crippen LogP contribution >= 0.6 is 0 Å². The molecule has 3 heterocycles. The smallest absolute Gasteiger partial charge is 0.227 e. The number of halogens is 1. The predicted octanol–water partition coefficient (Wildman–Crippen LogP) is 1.56. The van der Waals surface area contributed by atoms with Gasteiger partial charge in [-0.05, 0) is 12.8 Å². The van der Waals surface area contributed by atoms with Crippen molar-refractivity contribution in [3.8, 4) is 0 Å². The molecule has 17 heavy (non-hydrogen) atoms. The lowest BCUT2D eigenvalue weighted by Gasteiger charge is -2.32. The summed E-state index contributed by atoms with van der Waals surface area (Å²) in [5.74, 6) is 0.136. The number of anilines is 2. The van der Waals surface area contributed by atoms with E-state index >= 15 is 0 Å². The number of carbonyl (C=O) groups excluding carboxylic acids is 1. The average Bonchev–Trinajstić information content (AvgIpc) is 2.65. The van der Waals surface area contributed by atoms with E-state index in [9.17, 15) is 9.18 Å². The Morgan fingerprint density at radius 1 is 1.24 bits per heavy atom. The molecule has 2 aliphatic heterocycles. The van der Waals surface area contributed by atoms with Gasteiger partial charge in [0.05, 0.1) is 11.9 Å². The summed E-state index contributed by atoms with van der Waals surface area (Å²) >= 11 is 0. The minimum Gasteiger partial charge on any atom is -0.354 e. The number of hydrogen-bond acceptors (Lipinski definition) is 3. The molecule has 0 bridgehead atoms. The quantitative estimate of drug-likeness (QED) is 0.780. The van der Waals surface area contributed by atoms with Gasteiger partial charge in [0, 0.05) is 32.1 Å². The van der Waals surface area contributed by atoms with Gasteiger partial charge in [0.2, 0.25) is 5.91 Å². The van der Waals surface area contributed by atoms with Crippen LogP contribution in [0.3, 0.4) is 0 Å². The SMILES string of the molecule is O=C1CCCN1c1cnc(N2CCC2)c(F)c1. The van der Waals surface area contributed by atoms with Crippen LogP contribution in [0.4, 0.5) is 15.9 Å². The van der Waals surface area contributed by atoms with E-state index < -0.39 is 0 Å². The second-order valence-corrected chi connectivity index (χ2v) is 4.49. The van der Waals surface area contributed by atoms with Crippen LogP contribution < -0.4 is 9.80 Å². The van der Waals surface area contributed by atoms with Crippen molar-refractivity contribution in [2.75, 3.05) is 29.4 Å². The van der Waals surface area contributed by atoms with E-state index in [4.69, 9.17) is 0 Å². The van der Waals surface area contributed by atoms with E-state index in [1.54, 1.807) is 11.1 Å². The largest absolute Gasteiger partial charge is 0.354 e. The Hall–Kier alpha value is -1.65. The zero-order valence-corrected chi connectivity index (χ0v) is 9.53. The van der Waals surface area contributed by atoms with Gasteiger partial charge in [-0.1, -0.05) is 0 Å². The van der Waals surface area contributed by atoms with Gasteiger partial charge in [-0.3, -0.25) is 4.79 Å².